The van der Waals surface area contributed by atoms with Crippen LogP contribution in [0.4, 0.5) is 5.69 Å². The molecule has 0 aliphatic carbocycles. The van der Waals surface area contributed by atoms with E-state index in [0.717, 1.165) is 25.7 Å². The number of methoxy groups -OCH3 is 2. The van der Waals surface area contributed by atoms with Crippen LogP contribution in [0.5, 0.6) is 11.5 Å². The topological polar surface area (TPSA) is 64.6 Å². The minimum Gasteiger partial charge on any atom is -0.493 e. The SMILES string of the molecule is CCCCCC(C)C(=O)C(=O)Nc1ccc(OC)c(OC)c1. The second-order valence-electron chi connectivity index (χ2n) is 5.28. The number of benzene rings is 1. The lowest BCUT2D eigenvalue weighted by Gasteiger charge is -2.12. The number of hydrogen-bond acceptors (Lipinski definition) is 4. The van der Waals surface area contributed by atoms with Gasteiger partial charge in [0.05, 0.1) is 14.2 Å². The van der Waals surface area contributed by atoms with Crippen molar-refractivity contribution in [2.24, 2.45) is 5.92 Å². The fraction of sp³-hybridized carbons (Fsp3) is 0.529. The van der Waals surface area contributed by atoms with Crippen molar-refractivity contribution in [1.29, 1.82) is 0 Å². The Morgan fingerprint density at radius 2 is 1.82 bits per heavy atom. The highest BCUT2D eigenvalue weighted by molar-refractivity contribution is 6.41. The summed E-state index contributed by atoms with van der Waals surface area (Å²) in [5.74, 6) is -0.155. The molecule has 0 spiro atoms. The van der Waals surface area contributed by atoms with Gasteiger partial charge in [-0.05, 0) is 18.6 Å². The molecule has 0 bridgehead atoms. The molecule has 1 N–H and O–H groups in total. The summed E-state index contributed by atoms with van der Waals surface area (Å²) < 4.78 is 10.3. The molecule has 0 aromatic heterocycles. The third kappa shape index (κ3) is 5.06. The number of amides is 1. The van der Waals surface area contributed by atoms with Gasteiger partial charge >= 0.3 is 0 Å². The molecule has 1 unspecified atom stereocenters. The summed E-state index contributed by atoms with van der Waals surface area (Å²) in [6.45, 7) is 3.91. The molecule has 0 radical (unpaired) electrons. The van der Waals surface area contributed by atoms with Gasteiger partial charge in [-0.25, -0.2) is 0 Å². The fourth-order valence-corrected chi connectivity index (χ4v) is 2.16. The summed E-state index contributed by atoms with van der Waals surface area (Å²) >= 11 is 0. The van der Waals surface area contributed by atoms with Gasteiger partial charge in [0, 0.05) is 17.7 Å². The molecule has 0 aliphatic heterocycles. The number of ether oxygens (including phenoxy) is 2. The third-order valence-electron chi connectivity index (χ3n) is 3.55. The molecular formula is C17H25NO4. The summed E-state index contributed by atoms with van der Waals surface area (Å²) in [7, 11) is 3.06. The maximum Gasteiger partial charge on any atom is 0.292 e. The number of nitrogens with one attached hydrogen (secondary N) is 1. The van der Waals surface area contributed by atoms with Crippen LogP contribution in [0.3, 0.4) is 0 Å². The average Bonchev–Trinajstić information content (AvgIpc) is 2.53. The van der Waals surface area contributed by atoms with Crippen molar-refractivity contribution in [3.05, 3.63) is 18.2 Å². The van der Waals surface area contributed by atoms with E-state index in [9.17, 15) is 9.59 Å². The van der Waals surface area contributed by atoms with Crippen LogP contribution in [0.15, 0.2) is 18.2 Å². The van der Waals surface area contributed by atoms with Crippen LogP contribution in [0.25, 0.3) is 0 Å². The summed E-state index contributed by atoms with van der Waals surface area (Å²) in [6, 6.07) is 4.99. The van der Waals surface area contributed by atoms with Gasteiger partial charge in [-0.1, -0.05) is 33.1 Å². The van der Waals surface area contributed by atoms with Crippen LogP contribution in [0, 0.1) is 5.92 Å². The summed E-state index contributed by atoms with van der Waals surface area (Å²) in [6.07, 6.45) is 3.88. The van der Waals surface area contributed by atoms with Crippen molar-refractivity contribution in [3.8, 4) is 11.5 Å². The normalized spacial score (nSPS) is 11.6. The summed E-state index contributed by atoms with van der Waals surface area (Å²) in [5, 5.41) is 2.62. The Labute approximate surface area is 132 Å². The zero-order valence-corrected chi connectivity index (χ0v) is 13.8. The van der Waals surface area contributed by atoms with Crippen molar-refractivity contribution in [2.45, 2.75) is 39.5 Å². The number of ketones is 1. The van der Waals surface area contributed by atoms with Gasteiger partial charge in [0.1, 0.15) is 0 Å². The van der Waals surface area contributed by atoms with Crippen LogP contribution in [-0.2, 0) is 9.59 Å². The Kier molecular flexibility index (Phi) is 7.43. The zero-order valence-electron chi connectivity index (χ0n) is 13.8. The van der Waals surface area contributed by atoms with Crippen molar-refractivity contribution in [3.63, 3.8) is 0 Å². The quantitative estimate of drug-likeness (QED) is 0.561. The number of carbonyl (C=O) groups excluding carboxylic acids is 2. The zero-order chi connectivity index (χ0) is 16.5. The first-order chi connectivity index (χ1) is 10.5. The number of hydrogen-bond donors (Lipinski definition) is 1. The van der Waals surface area contributed by atoms with E-state index in [4.69, 9.17) is 9.47 Å². The summed E-state index contributed by atoms with van der Waals surface area (Å²) in [4.78, 5) is 24.1. The third-order valence-corrected chi connectivity index (χ3v) is 3.55. The Morgan fingerprint density at radius 1 is 1.14 bits per heavy atom. The first-order valence-electron chi connectivity index (χ1n) is 7.60. The predicted molar refractivity (Wildman–Crippen MR) is 86.5 cm³/mol. The van der Waals surface area contributed by atoms with E-state index in [2.05, 4.69) is 12.2 Å². The standard InChI is InChI=1S/C17H25NO4/c1-5-6-7-8-12(2)16(19)17(20)18-13-9-10-14(21-3)15(11-13)22-4/h9-12H,5-8H2,1-4H3,(H,18,20). The molecule has 1 aromatic rings. The number of anilines is 1. The van der Waals surface area contributed by atoms with Crippen LogP contribution in [-0.4, -0.2) is 25.9 Å². The molecule has 122 valence electrons. The van der Waals surface area contributed by atoms with E-state index < -0.39 is 5.91 Å². The number of Topliss-reactive ketones (excluding diaryl/α,β-unsaturated/α-hetero) is 1. The van der Waals surface area contributed by atoms with Gasteiger partial charge in [0.15, 0.2) is 11.5 Å². The van der Waals surface area contributed by atoms with Crippen molar-refractivity contribution < 1.29 is 19.1 Å². The van der Waals surface area contributed by atoms with E-state index in [1.807, 2.05) is 0 Å². The molecule has 0 saturated heterocycles. The second kappa shape index (κ2) is 9.07. The Bertz CT molecular complexity index is 513. The molecule has 5 heteroatoms. The molecule has 0 aliphatic rings. The van der Waals surface area contributed by atoms with E-state index >= 15 is 0 Å². The van der Waals surface area contributed by atoms with Gasteiger partial charge < -0.3 is 14.8 Å². The molecule has 1 atom stereocenters. The lowest BCUT2D eigenvalue weighted by molar-refractivity contribution is -0.137. The van der Waals surface area contributed by atoms with Crippen LogP contribution in [0.1, 0.15) is 39.5 Å². The number of carbonyl (C=O) groups is 2. The summed E-state index contributed by atoms with van der Waals surface area (Å²) in [5.41, 5.74) is 0.511. The van der Waals surface area contributed by atoms with Gasteiger partial charge in [-0.3, -0.25) is 9.59 Å². The highest BCUT2D eigenvalue weighted by Gasteiger charge is 2.21. The first-order valence-corrected chi connectivity index (χ1v) is 7.60. The van der Waals surface area contributed by atoms with Crippen LogP contribution in [0.2, 0.25) is 0 Å². The van der Waals surface area contributed by atoms with Gasteiger partial charge in [-0.15, -0.1) is 0 Å². The molecule has 0 heterocycles. The van der Waals surface area contributed by atoms with Gasteiger partial charge in [0.25, 0.3) is 5.91 Å². The fourth-order valence-electron chi connectivity index (χ4n) is 2.16. The van der Waals surface area contributed by atoms with E-state index in [-0.39, 0.29) is 11.7 Å². The minimum atomic E-state index is -0.587. The molecule has 0 fully saturated rings. The largest absolute Gasteiger partial charge is 0.493 e. The molecule has 1 amide bonds. The highest BCUT2D eigenvalue weighted by Crippen LogP contribution is 2.29. The molecule has 1 aromatic carbocycles. The maximum absolute atomic E-state index is 12.1. The Hall–Kier alpha value is -2.04. The van der Waals surface area contributed by atoms with Crippen LogP contribution < -0.4 is 14.8 Å². The molecule has 22 heavy (non-hydrogen) atoms. The number of rotatable bonds is 9. The highest BCUT2D eigenvalue weighted by atomic mass is 16.5. The van der Waals surface area contributed by atoms with Crippen molar-refractivity contribution >= 4 is 17.4 Å². The predicted octanol–water partition coefficient (Wildman–Crippen LogP) is 3.43. The van der Waals surface area contributed by atoms with Crippen molar-refractivity contribution in [1.82, 2.24) is 0 Å². The molecule has 0 saturated carbocycles. The van der Waals surface area contributed by atoms with Gasteiger partial charge in [0.2, 0.25) is 5.78 Å². The van der Waals surface area contributed by atoms with E-state index in [1.165, 1.54) is 14.2 Å². The Balaban J connectivity index is 2.65. The Morgan fingerprint density at radius 3 is 2.41 bits per heavy atom. The van der Waals surface area contributed by atoms with Crippen LogP contribution >= 0.6 is 0 Å². The minimum absolute atomic E-state index is 0.258. The van der Waals surface area contributed by atoms with E-state index in [0.29, 0.717) is 17.2 Å². The monoisotopic (exact) mass is 307 g/mol. The van der Waals surface area contributed by atoms with Gasteiger partial charge in [-0.2, -0.15) is 0 Å². The number of unbranched alkanes of at least 4 members (excludes halogenated alkanes) is 2. The average molecular weight is 307 g/mol. The maximum atomic E-state index is 12.1. The second-order valence-corrected chi connectivity index (χ2v) is 5.28. The lowest BCUT2D eigenvalue weighted by atomic mass is 9.98. The first kappa shape index (κ1) is 18.0. The van der Waals surface area contributed by atoms with E-state index in [1.54, 1.807) is 25.1 Å². The molecule has 5 nitrogen and oxygen atoms in total. The smallest absolute Gasteiger partial charge is 0.292 e. The van der Waals surface area contributed by atoms with Crippen molar-refractivity contribution in [2.75, 3.05) is 19.5 Å². The molecule has 1 rings (SSSR count). The lowest BCUT2D eigenvalue weighted by Crippen LogP contribution is -2.28. The molecular weight excluding hydrogens is 282 g/mol.